The fourth-order valence-corrected chi connectivity index (χ4v) is 6.22. The topological polar surface area (TPSA) is 73.2 Å². The van der Waals surface area contributed by atoms with Crippen LogP contribution in [0.25, 0.3) is 0 Å². The van der Waals surface area contributed by atoms with Crippen LogP contribution in [0.15, 0.2) is 37.0 Å². The third-order valence-electron chi connectivity index (χ3n) is 9.69. The first-order valence-corrected chi connectivity index (χ1v) is 22.9. The van der Waals surface area contributed by atoms with Crippen molar-refractivity contribution < 1.29 is 20.1 Å². The maximum Gasteiger partial charge on any atom is 0.0841 e. The molecule has 0 aliphatic carbocycles. The lowest BCUT2D eigenvalue weighted by Crippen LogP contribution is -1.95. The summed E-state index contributed by atoms with van der Waals surface area (Å²) in [6.45, 7) is 15.4. The second kappa shape index (κ2) is 52.2. The van der Waals surface area contributed by atoms with E-state index in [9.17, 15) is 0 Å². The van der Waals surface area contributed by atoms with Crippen LogP contribution in [-0.2, 0) is 4.74 Å². The summed E-state index contributed by atoms with van der Waals surface area (Å²) >= 11 is 0. The van der Waals surface area contributed by atoms with E-state index in [1.165, 1.54) is 205 Å². The van der Waals surface area contributed by atoms with Crippen molar-refractivity contribution in [3.63, 3.8) is 0 Å². The molecule has 52 heavy (non-hydrogen) atoms. The number of allylic oxidation sites excluding steroid dienone is 2. The summed E-state index contributed by atoms with van der Waals surface area (Å²) in [6, 6.07) is 0. The van der Waals surface area contributed by atoms with Crippen molar-refractivity contribution in [1.82, 2.24) is 0 Å². The van der Waals surface area contributed by atoms with Crippen LogP contribution in [0.5, 0.6) is 0 Å². The Hall–Kier alpha value is -0.940. The SMILES string of the molecule is C=CCCCCCCCCCC.CCCCCCCCCC/C=C\CO.CCCCCCCCCC[C@H]1O[C@H]1CCCCC(C)C.OC/C=C\CO. The van der Waals surface area contributed by atoms with Gasteiger partial charge in [0.25, 0.3) is 0 Å². The Morgan fingerprint density at radius 2 is 0.769 bits per heavy atom. The van der Waals surface area contributed by atoms with E-state index in [0.29, 0.717) is 12.2 Å². The normalized spacial score (nSPS) is 14.9. The highest BCUT2D eigenvalue weighted by atomic mass is 16.6. The second-order valence-corrected chi connectivity index (χ2v) is 15.5. The zero-order chi connectivity index (χ0) is 39.0. The minimum Gasteiger partial charge on any atom is -0.392 e. The Morgan fingerprint density at radius 1 is 0.442 bits per heavy atom. The average Bonchev–Trinajstić information content (AvgIpc) is 3.91. The van der Waals surface area contributed by atoms with Crippen LogP contribution < -0.4 is 0 Å². The van der Waals surface area contributed by atoms with Gasteiger partial charge in [0.15, 0.2) is 0 Å². The van der Waals surface area contributed by atoms with Crippen LogP contribution in [0, 0.1) is 5.92 Å². The molecule has 0 aromatic carbocycles. The number of hydrogen-bond acceptors (Lipinski definition) is 4. The predicted molar refractivity (Wildman–Crippen MR) is 233 cm³/mol. The molecule has 0 bridgehead atoms. The van der Waals surface area contributed by atoms with E-state index in [4.69, 9.17) is 20.1 Å². The minimum atomic E-state index is 0.0144. The summed E-state index contributed by atoms with van der Waals surface area (Å²) in [5.41, 5.74) is 0. The van der Waals surface area contributed by atoms with E-state index in [-0.39, 0.29) is 19.8 Å². The first kappa shape index (κ1) is 55.4. The van der Waals surface area contributed by atoms with Crippen molar-refractivity contribution in [2.45, 2.75) is 246 Å². The summed E-state index contributed by atoms with van der Waals surface area (Å²) in [5.74, 6) is 0.864. The number of hydrogen-bond donors (Lipinski definition) is 3. The van der Waals surface area contributed by atoms with Gasteiger partial charge in [0.2, 0.25) is 0 Å². The molecule has 3 N–H and O–H groups in total. The Labute approximate surface area is 327 Å². The predicted octanol–water partition coefficient (Wildman–Crippen LogP) is 14.8. The van der Waals surface area contributed by atoms with Crippen LogP contribution in [0.4, 0.5) is 0 Å². The van der Waals surface area contributed by atoms with Crippen LogP contribution in [0.2, 0.25) is 0 Å². The van der Waals surface area contributed by atoms with E-state index in [1.807, 2.05) is 12.2 Å². The minimum absolute atomic E-state index is 0.0144. The van der Waals surface area contributed by atoms with Crippen molar-refractivity contribution >= 4 is 0 Å². The summed E-state index contributed by atoms with van der Waals surface area (Å²) < 4.78 is 5.78. The van der Waals surface area contributed by atoms with Crippen molar-refractivity contribution in [2.24, 2.45) is 5.92 Å². The monoisotopic (exact) mass is 737 g/mol. The molecule has 1 fully saturated rings. The number of aliphatic hydroxyl groups is 3. The molecule has 0 amide bonds. The molecule has 1 aliphatic heterocycles. The van der Waals surface area contributed by atoms with Gasteiger partial charge >= 0.3 is 0 Å². The maximum absolute atomic E-state index is 8.50. The third kappa shape index (κ3) is 55.8. The van der Waals surface area contributed by atoms with Crippen LogP contribution in [-0.4, -0.2) is 47.3 Å². The van der Waals surface area contributed by atoms with E-state index in [0.717, 1.165) is 12.3 Å². The summed E-state index contributed by atoms with van der Waals surface area (Å²) in [5, 5.41) is 24.5. The summed E-state index contributed by atoms with van der Waals surface area (Å²) in [6.07, 6.45) is 53.0. The molecule has 1 aliphatic rings. The van der Waals surface area contributed by atoms with Gasteiger partial charge in [0.1, 0.15) is 0 Å². The standard InChI is InChI=1S/C19H38O.C13H26O.C12H24.C4H8O2/c1-4-5-6-7-8-9-10-11-15-18-19(20-18)16-13-12-14-17(2)3;1-2-3-4-5-6-7-8-9-10-11-12-13-14;1-3-5-7-9-11-12-10-8-6-4-2;5-3-1-2-4-6/h17-19H,4-16H2,1-3H3;11-12,14H,2-10,13H2,1H3;3H,1,4-12H2,2H3;1-2,5-6H,3-4H2/b;12-11-;;2-1-/t18-,19+;;;/m1.../s1. The fraction of sp³-hybridized carbons (Fsp3) is 0.875. The molecule has 0 aromatic rings. The number of aliphatic hydroxyl groups excluding tert-OH is 3. The lowest BCUT2D eigenvalue weighted by Gasteiger charge is -2.02. The zero-order valence-electron chi connectivity index (χ0n) is 36.1. The van der Waals surface area contributed by atoms with Gasteiger partial charge in [0, 0.05) is 0 Å². The van der Waals surface area contributed by atoms with Gasteiger partial charge in [-0.2, -0.15) is 0 Å². The lowest BCUT2D eigenvalue weighted by molar-refractivity contribution is 0.329. The number of epoxide rings is 1. The van der Waals surface area contributed by atoms with E-state index in [2.05, 4.69) is 47.3 Å². The smallest absolute Gasteiger partial charge is 0.0841 e. The molecular weight excluding hydrogens is 641 g/mol. The Bertz CT molecular complexity index is 667. The molecule has 0 saturated carbocycles. The molecule has 4 nitrogen and oxygen atoms in total. The lowest BCUT2D eigenvalue weighted by atomic mass is 10.0. The zero-order valence-corrected chi connectivity index (χ0v) is 36.1. The van der Waals surface area contributed by atoms with Gasteiger partial charge in [-0.3, -0.25) is 0 Å². The number of ether oxygens (including phenoxy) is 1. The van der Waals surface area contributed by atoms with Crippen molar-refractivity contribution in [3.8, 4) is 0 Å². The van der Waals surface area contributed by atoms with Crippen LogP contribution >= 0.6 is 0 Å². The first-order chi connectivity index (χ1) is 25.5. The largest absolute Gasteiger partial charge is 0.392 e. The summed E-state index contributed by atoms with van der Waals surface area (Å²) in [4.78, 5) is 0. The quantitative estimate of drug-likeness (QED) is 0.0344. The molecule has 1 saturated heterocycles. The van der Waals surface area contributed by atoms with Gasteiger partial charge in [-0.15, -0.1) is 6.58 Å². The van der Waals surface area contributed by atoms with Crippen LogP contribution in [0.1, 0.15) is 234 Å². The second-order valence-electron chi connectivity index (χ2n) is 15.5. The summed E-state index contributed by atoms with van der Waals surface area (Å²) in [7, 11) is 0. The molecule has 1 rings (SSSR count). The average molecular weight is 737 g/mol. The molecule has 4 heteroatoms. The van der Waals surface area contributed by atoms with Crippen molar-refractivity contribution in [3.05, 3.63) is 37.0 Å². The van der Waals surface area contributed by atoms with Gasteiger partial charge in [-0.05, 0) is 44.4 Å². The van der Waals surface area contributed by atoms with E-state index in [1.54, 1.807) is 0 Å². The Kier molecular flexibility index (Phi) is 55.6. The molecule has 0 spiro atoms. The van der Waals surface area contributed by atoms with E-state index >= 15 is 0 Å². The number of rotatable bonds is 35. The Balaban J connectivity index is -0.000000662. The molecule has 2 atom stereocenters. The molecular formula is C48H96O4. The maximum atomic E-state index is 8.50. The fourth-order valence-electron chi connectivity index (χ4n) is 6.22. The molecule has 1 heterocycles. The highest BCUT2D eigenvalue weighted by Crippen LogP contribution is 2.32. The van der Waals surface area contributed by atoms with Gasteiger partial charge in [-0.25, -0.2) is 0 Å². The Morgan fingerprint density at radius 3 is 1.13 bits per heavy atom. The molecule has 0 radical (unpaired) electrons. The van der Waals surface area contributed by atoms with Crippen molar-refractivity contribution in [1.29, 1.82) is 0 Å². The molecule has 0 aromatic heterocycles. The van der Waals surface area contributed by atoms with Gasteiger partial charge < -0.3 is 20.1 Å². The van der Waals surface area contributed by atoms with Crippen LogP contribution in [0.3, 0.4) is 0 Å². The highest BCUT2D eigenvalue weighted by Gasteiger charge is 2.36. The van der Waals surface area contributed by atoms with Gasteiger partial charge in [0.05, 0.1) is 32.0 Å². The molecule has 0 unspecified atom stereocenters. The van der Waals surface area contributed by atoms with Gasteiger partial charge in [-0.1, -0.05) is 226 Å². The third-order valence-corrected chi connectivity index (χ3v) is 9.69. The van der Waals surface area contributed by atoms with Crippen molar-refractivity contribution in [2.75, 3.05) is 19.8 Å². The first-order valence-electron chi connectivity index (χ1n) is 22.9. The highest BCUT2D eigenvalue weighted by molar-refractivity contribution is 4.84. The number of unbranched alkanes of at least 4 members (excludes halogenated alkanes) is 24. The molecule has 312 valence electrons. The van der Waals surface area contributed by atoms with E-state index < -0.39 is 0 Å².